The number of thioether (sulfide) groups is 1. The number of aliphatic imine (C=N–C) groups is 1. The first-order valence-electron chi connectivity index (χ1n) is 1.71. The second-order valence-electron chi connectivity index (χ2n) is 0.610. The maximum absolute atomic E-state index is 7.59. The molecule has 0 saturated heterocycles. The van der Waals surface area contributed by atoms with Gasteiger partial charge in [-0.2, -0.15) is 5.26 Å². The first-order valence-corrected chi connectivity index (χ1v) is 3.34. The molecular weight excluding hydrogens is 140 g/mol. The van der Waals surface area contributed by atoms with Gasteiger partial charge in [-0.25, -0.2) is 4.99 Å². The Balaban J connectivity index is 0. The summed E-state index contributed by atoms with van der Waals surface area (Å²) in [5, 5.41) is 11.6. The summed E-state index contributed by atoms with van der Waals surface area (Å²) in [6.45, 7) is 0. The third-order valence-corrected chi connectivity index (χ3v) is 0.548. The van der Waals surface area contributed by atoms with Crippen molar-refractivity contribution in [3.63, 3.8) is 0 Å². The Kier molecular flexibility index (Phi) is 21.1. The maximum Gasteiger partial charge on any atom is 0.133 e. The third-order valence-electron chi connectivity index (χ3n) is 0.183. The molecule has 0 heterocycles. The zero-order chi connectivity index (χ0) is 6.83. The minimum Gasteiger partial charge on any atom is -0.236 e. The Bertz CT molecular complexity index is 110. The molecule has 0 aliphatic rings. The minimum absolute atomic E-state index is 1.16. The summed E-state index contributed by atoms with van der Waals surface area (Å²) in [4.78, 5) is 3.30. The van der Waals surface area contributed by atoms with E-state index in [-0.39, 0.29) is 0 Å². The van der Waals surface area contributed by atoms with Gasteiger partial charge in [-0.15, -0.1) is 0 Å². The standard InChI is InChI=1S/2C2H3NS/c1-4-2-3;1-3-2-4/h2*1H3. The van der Waals surface area contributed by atoms with Crippen LogP contribution in [-0.2, 0) is 0 Å². The molecule has 0 aliphatic heterocycles. The Morgan fingerprint density at radius 3 is 2.00 bits per heavy atom. The van der Waals surface area contributed by atoms with Crippen LogP contribution in [0.25, 0.3) is 0 Å². The SMILES string of the molecule is CN=C=S.CSC#N. The third kappa shape index (κ3) is 45.1. The highest BCUT2D eigenvalue weighted by Gasteiger charge is 1.49. The lowest BCUT2D eigenvalue weighted by Crippen LogP contribution is -1.33. The Hall–Kier alpha value is -0.360. The van der Waals surface area contributed by atoms with Crippen molar-refractivity contribution in [1.29, 1.82) is 5.26 Å². The predicted octanol–water partition coefficient (Wildman–Crippen LogP) is 1.55. The van der Waals surface area contributed by atoms with Crippen LogP contribution in [0.1, 0.15) is 0 Å². The number of nitriles is 1. The molecule has 0 N–H and O–H groups in total. The molecule has 0 aliphatic carbocycles. The van der Waals surface area contributed by atoms with E-state index in [1.807, 2.05) is 5.40 Å². The van der Waals surface area contributed by atoms with Gasteiger partial charge in [0.25, 0.3) is 0 Å². The zero-order valence-corrected chi connectivity index (χ0v) is 6.34. The van der Waals surface area contributed by atoms with Gasteiger partial charge in [0, 0.05) is 7.05 Å². The van der Waals surface area contributed by atoms with E-state index in [1.54, 1.807) is 13.3 Å². The number of rotatable bonds is 0. The van der Waals surface area contributed by atoms with E-state index in [0.29, 0.717) is 0 Å². The fourth-order valence-corrected chi connectivity index (χ4v) is 0. The van der Waals surface area contributed by atoms with Crippen molar-refractivity contribution in [3.8, 4) is 5.40 Å². The van der Waals surface area contributed by atoms with Crippen molar-refractivity contribution in [2.24, 2.45) is 4.99 Å². The number of hydrogen-bond donors (Lipinski definition) is 0. The van der Waals surface area contributed by atoms with Crippen LogP contribution in [0.4, 0.5) is 0 Å². The lowest BCUT2D eigenvalue weighted by molar-refractivity contribution is 1.49. The van der Waals surface area contributed by atoms with E-state index < -0.39 is 0 Å². The number of hydrogen-bond acceptors (Lipinski definition) is 4. The Labute approximate surface area is 58.6 Å². The van der Waals surface area contributed by atoms with Gasteiger partial charge in [0.05, 0.1) is 5.16 Å². The first kappa shape index (κ1) is 10.6. The van der Waals surface area contributed by atoms with Crippen molar-refractivity contribution in [1.82, 2.24) is 0 Å². The van der Waals surface area contributed by atoms with Gasteiger partial charge >= 0.3 is 0 Å². The van der Waals surface area contributed by atoms with Gasteiger partial charge in [-0.3, -0.25) is 0 Å². The number of isothiocyanates is 1. The smallest absolute Gasteiger partial charge is 0.133 e. The highest BCUT2D eigenvalue weighted by Crippen LogP contribution is 1.78. The molecule has 4 heteroatoms. The lowest BCUT2D eigenvalue weighted by Gasteiger charge is -1.47. The summed E-state index contributed by atoms with van der Waals surface area (Å²) < 4.78 is 0. The van der Waals surface area contributed by atoms with Gasteiger partial charge in [0.1, 0.15) is 5.40 Å². The predicted molar refractivity (Wildman–Crippen MR) is 40.1 cm³/mol. The molecule has 0 bridgehead atoms. The highest BCUT2D eigenvalue weighted by atomic mass is 32.2. The summed E-state index contributed by atoms with van der Waals surface area (Å²) in [5.74, 6) is 0. The van der Waals surface area contributed by atoms with Crippen LogP contribution in [0, 0.1) is 10.7 Å². The topological polar surface area (TPSA) is 36.1 Å². The summed E-state index contributed by atoms with van der Waals surface area (Å²) in [5.41, 5.74) is 0. The molecule has 0 spiro atoms. The van der Waals surface area contributed by atoms with E-state index in [9.17, 15) is 0 Å². The lowest BCUT2D eigenvalue weighted by atomic mass is 11.4. The molecule has 0 radical (unpaired) electrons. The number of nitrogens with zero attached hydrogens (tertiary/aromatic N) is 2. The summed E-state index contributed by atoms with van der Waals surface area (Å²) in [7, 11) is 1.59. The fourth-order valence-electron chi connectivity index (χ4n) is 0. The first-order chi connectivity index (χ1) is 3.83. The van der Waals surface area contributed by atoms with Gasteiger partial charge < -0.3 is 0 Å². The van der Waals surface area contributed by atoms with Gasteiger partial charge in [-0.05, 0) is 30.2 Å². The monoisotopic (exact) mass is 146 g/mol. The molecule has 0 saturated carbocycles. The Morgan fingerprint density at radius 1 is 1.75 bits per heavy atom. The average Bonchev–Trinajstić information content (AvgIpc) is 1.88. The number of thiocyanates is 1. The molecule has 2 nitrogen and oxygen atoms in total. The fraction of sp³-hybridized carbons (Fsp3) is 0.500. The van der Waals surface area contributed by atoms with Crippen LogP contribution in [0.5, 0.6) is 0 Å². The molecule has 8 heavy (non-hydrogen) atoms. The molecule has 0 aromatic rings. The van der Waals surface area contributed by atoms with E-state index in [0.717, 1.165) is 11.8 Å². The van der Waals surface area contributed by atoms with E-state index in [2.05, 4.69) is 22.4 Å². The van der Waals surface area contributed by atoms with Crippen molar-refractivity contribution in [2.45, 2.75) is 0 Å². The molecule has 0 fully saturated rings. The molecule has 0 amide bonds. The van der Waals surface area contributed by atoms with Crippen LogP contribution in [0.3, 0.4) is 0 Å². The summed E-state index contributed by atoms with van der Waals surface area (Å²) >= 11 is 5.30. The normalized spacial score (nSPS) is 4.62. The largest absolute Gasteiger partial charge is 0.236 e. The molecule has 0 rings (SSSR count). The number of thiocarbonyl (C=S) groups is 1. The van der Waals surface area contributed by atoms with Crippen LogP contribution in [0.2, 0.25) is 0 Å². The van der Waals surface area contributed by atoms with Crippen molar-refractivity contribution in [2.75, 3.05) is 13.3 Å². The zero-order valence-electron chi connectivity index (χ0n) is 4.71. The van der Waals surface area contributed by atoms with Crippen LogP contribution in [0.15, 0.2) is 4.99 Å². The van der Waals surface area contributed by atoms with Gasteiger partial charge in [0.2, 0.25) is 0 Å². The quantitative estimate of drug-likeness (QED) is 0.295. The molecule has 44 valence electrons. The van der Waals surface area contributed by atoms with E-state index in [4.69, 9.17) is 5.26 Å². The van der Waals surface area contributed by atoms with Crippen molar-refractivity contribution < 1.29 is 0 Å². The maximum atomic E-state index is 7.59. The molecular formula is C4H6N2S2. The summed E-state index contributed by atoms with van der Waals surface area (Å²) in [6.07, 6.45) is 1.74. The van der Waals surface area contributed by atoms with Crippen molar-refractivity contribution >= 4 is 29.1 Å². The average molecular weight is 146 g/mol. The second kappa shape index (κ2) is 15.9. The molecule has 0 atom stereocenters. The van der Waals surface area contributed by atoms with E-state index in [1.165, 1.54) is 0 Å². The molecule has 0 aromatic carbocycles. The van der Waals surface area contributed by atoms with Crippen LogP contribution >= 0.6 is 24.0 Å². The van der Waals surface area contributed by atoms with Crippen molar-refractivity contribution in [3.05, 3.63) is 0 Å². The van der Waals surface area contributed by atoms with Gasteiger partial charge in [-0.1, -0.05) is 0 Å². The molecule has 0 unspecified atom stereocenters. The van der Waals surface area contributed by atoms with Crippen LogP contribution in [-0.4, -0.2) is 18.5 Å². The second-order valence-corrected chi connectivity index (χ2v) is 1.38. The molecule has 0 aromatic heterocycles. The van der Waals surface area contributed by atoms with Gasteiger partial charge in [0.15, 0.2) is 0 Å². The Morgan fingerprint density at radius 2 is 2.00 bits per heavy atom. The highest BCUT2D eigenvalue weighted by molar-refractivity contribution is 8.03. The van der Waals surface area contributed by atoms with E-state index >= 15 is 0 Å². The summed E-state index contributed by atoms with van der Waals surface area (Å²) in [6, 6.07) is 0. The minimum atomic E-state index is 1.16. The van der Waals surface area contributed by atoms with Crippen LogP contribution < -0.4 is 0 Å².